The van der Waals surface area contributed by atoms with E-state index in [1.54, 1.807) is 12.1 Å². The van der Waals surface area contributed by atoms with Gasteiger partial charge in [0.1, 0.15) is 11.6 Å². The lowest BCUT2D eigenvalue weighted by Gasteiger charge is -2.14. The summed E-state index contributed by atoms with van der Waals surface area (Å²) in [6, 6.07) is 5.00. The van der Waals surface area contributed by atoms with Crippen LogP contribution in [0.4, 0.5) is 0 Å². The van der Waals surface area contributed by atoms with Crippen molar-refractivity contribution in [2.75, 3.05) is 0 Å². The number of benzene rings is 1. The number of hydrogen-bond donors (Lipinski definition) is 3. The Labute approximate surface area is 117 Å². The van der Waals surface area contributed by atoms with Crippen molar-refractivity contribution in [3.8, 4) is 11.5 Å². The Kier molecular flexibility index (Phi) is 3.31. The minimum atomic E-state index is -0.0969. The Morgan fingerprint density at radius 3 is 3.05 bits per heavy atom. The van der Waals surface area contributed by atoms with Gasteiger partial charge in [-0.2, -0.15) is 0 Å². The molecule has 1 aliphatic heterocycles. The fourth-order valence-electron chi connectivity index (χ4n) is 2.57. The second-order valence-electron chi connectivity index (χ2n) is 5.12. The molecule has 6 nitrogen and oxygen atoms in total. The molecule has 1 atom stereocenters. The molecule has 0 saturated carbocycles. The molecule has 1 aliphatic rings. The van der Waals surface area contributed by atoms with Crippen LogP contribution in [-0.4, -0.2) is 25.0 Å². The van der Waals surface area contributed by atoms with Crippen molar-refractivity contribution in [3.63, 3.8) is 0 Å². The van der Waals surface area contributed by atoms with Crippen molar-refractivity contribution >= 4 is 0 Å². The van der Waals surface area contributed by atoms with E-state index in [0.29, 0.717) is 12.1 Å². The van der Waals surface area contributed by atoms with Gasteiger partial charge in [-0.15, -0.1) is 10.2 Å². The summed E-state index contributed by atoms with van der Waals surface area (Å²) >= 11 is 0. The lowest BCUT2D eigenvalue weighted by molar-refractivity contribution is 0.395. The van der Waals surface area contributed by atoms with Crippen LogP contribution in [0.5, 0.6) is 11.5 Å². The van der Waals surface area contributed by atoms with Crippen molar-refractivity contribution in [2.24, 2.45) is 0 Å². The minimum Gasteiger partial charge on any atom is -0.504 e. The molecule has 0 amide bonds. The molecular formula is C14H18N4O2. The number of aromatic hydroxyl groups is 2. The van der Waals surface area contributed by atoms with E-state index in [1.807, 2.05) is 6.92 Å². The van der Waals surface area contributed by atoms with Gasteiger partial charge in [-0.1, -0.05) is 12.1 Å². The van der Waals surface area contributed by atoms with E-state index in [9.17, 15) is 10.2 Å². The third kappa shape index (κ3) is 2.22. The van der Waals surface area contributed by atoms with Crippen LogP contribution in [0.3, 0.4) is 0 Å². The highest BCUT2D eigenvalue weighted by molar-refractivity contribution is 5.44. The smallest absolute Gasteiger partial charge is 0.161 e. The van der Waals surface area contributed by atoms with Gasteiger partial charge in [0.25, 0.3) is 0 Å². The fourth-order valence-corrected chi connectivity index (χ4v) is 2.57. The largest absolute Gasteiger partial charge is 0.504 e. The van der Waals surface area contributed by atoms with Gasteiger partial charge >= 0.3 is 0 Å². The standard InChI is InChI=1S/C14H18N4O2/c1-9(14-17-16-12-6-3-7-18(12)14)15-8-10-4-2-5-11(19)13(10)20/h2,4-5,9,15,19-20H,3,6-8H2,1H3. The molecule has 1 aromatic carbocycles. The summed E-state index contributed by atoms with van der Waals surface area (Å²) in [6.07, 6.45) is 2.12. The zero-order chi connectivity index (χ0) is 14.1. The molecule has 20 heavy (non-hydrogen) atoms. The highest BCUT2D eigenvalue weighted by Gasteiger charge is 2.21. The third-order valence-electron chi connectivity index (χ3n) is 3.72. The first-order valence-corrected chi connectivity index (χ1v) is 6.82. The summed E-state index contributed by atoms with van der Waals surface area (Å²) in [5, 5.41) is 31.0. The van der Waals surface area contributed by atoms with E-state index < -0.39 is 0 Å². The number of phenols is 2. The van der Waals surface area contributed by atoms with Gasteiger partial charge in [-0.05, 0) is 19.4 Å². The Morgan fingerprint density at radius 1 is 1.35 bits per heavy atom. The van der Waals surface area contributed by atoms with E-state index in [2.05, 4.69) is 20.1 Å². The molecular weight excluding hydrogens is 256 g/mol. The van der Waals surface area contributed by atoms with Crippen molar-refractivity contribution < 1.29 is 10.2 Å². The summed E-state index contributed by atoms with van der Waals surface area (Å²) in [6.45, 7) is 3.46. The zero-order valence-electron chi connectivity index (χ0n) is 11.4. The first-order chi connectivity index (χ1) is 9.66. The number of nitrogens with zero attached hydrogens (tertiary/aromatic N) is 3. The van der Waals surface area contributed by atoms with Crippen molar-refractivity contribution in [1.82, 2.24) is 20.1 Å². The van der Waals surface area contributed by atoms with Gasteiger partial charge < -0.3 is 20.1 Å². The molecule has 0 aliphatic carbocycles. The third-order valence-corrected chi connectivity index (χ3v) is 3.72. The molecule has 2 aromatic rings. The van der Waals surface area contributed by atoms with Crippen LogP contribution in [0.25, 0.3) is 0 Å². The average Bonchev–Trinajstić information content (AvgIpc) is 3.02. The van der Waals surface area contributed by atoms with E-state index in [-0.39, 0.29) is 17.5 Å². The van der Waals surface area contributed by atoms with Crippen LogP contribution in [0.15, 0.2) is 18.2 Å². The van der Waals surface area contributed by atoms with E-state index in [1.165, 1.54) is 6.07 Å². The molecule has 1 aromatic heterocycles. The van der Waals surface area contributed by atoms with Crippen LogP contribution >= 0.6 is 0 Å². The number of nitrogens with one attached hydrogen (secondary N) is 1. The number of phenolic OH excluding ortho intramolecular Hbond substituents is 2. The van der Waals surface area contributed by atoms with Crippen molar-refractivity contribution in [1.29, 1.82) is 0 Å². The lowest BCUT2D eigenvalue weighted by atomic mass is 10.1. The Bertz CT molecular complexity index is 624. The summed E-state index contributed by atoms with van der Waals surface area (Å²) < 4.78 is 2.15. The number of hydrogen-bond acceptors (Lipinski definition) is 5. The predicted octanol–water partition coefficient (Wildman–Crippen LogP) is 1.49. The average molecular weight is 274 g/mol. The Morgan fingerprint density at radius 2 is 2.20 bits per heavy atom. The topological polar surface area (TPSA) is 83.2 Å². The summed E-state index contributed by atoms with van der Waals surface area (Å²) in [4.78, 5) is 0. The second kappa shape index (κ2) is 5.13. The molecule has 0 saturated heterocycles. The van der Waals surface area contributed by atoms with Gasteiger partial charge in [0.2, 0.25) is 0 Å². The van der Waals surface area contributed by atoms with E-state index in [0.717, 1.165) is 31.0 Å². The molecule has 0 spiro atoms. The van der Waals surface area contributed by atoms with Gasteiger partial charge in [0.15, 0.2) is 11.5 Å². The fraction of sp³-hybridized carbons (Fsp3) is 0.429. The van der Waals surface area contributed by atoms with Crippen LogP contribution < -0.4 is 5.32 Å². The molecule has 0 radical (unpaired) electrons. The molecule has 2 heterocycles. The molecule has 3 rings (SSSR count). The van der Waals surface area contributed by atoms with Crippen LogP contribution in [0.1, 0.15) is 36.6 Å². The number of fused-ring (bicyclic) bond motifs is 1. The predicted molar refractivity (Wildman–Crippen MR) is 73.4 cm³/mol. The van der Waals surface area contributed by atoms with E-state index in [4.69, 9.17) is 0 Å². The SMILES string of the molecule is CC(NCc1cccc(O)c1O)c1nnc2n1CCC2. The minimum absolute atomic E-state index is 0.0381. The number of rotatable bonds is 4. The quantitative estimate of drug-likeness (QED) is 0.736. The molecule has 106 valence electrons. The highest BCUT2D eigenvalue weighted by Crippen LogP contribution is 2.28. The number of aryl methyl sites for hydroxylation is 1. The first-order valence-electron chi connectivity index (χ1n) is 6.82. The maximum atomic E-state index is 9.77. The first kappa shape index (κ1) is 12.9. The maximum Gasteiger partial charge on any atom is 0.161 e. The molecule has 0 fully saturated rings. The van der Waals surface area contributed by atoms with Gasteiger partial charge in [0.05, 0.1) is 6.04 Å². The van der Waals surface area contributed by atoms with Crippen LogP contribution in [0.2, 0.25) is 0 Å². The van der Waals surface area contributed by atoms with Gasteiger partial charge in [0, 0.05) is 25.1 Å². The summed E-state index contributed by atoms with van der Waals surface area (Å²) in [5.74, 6) is 1.81. The number of para-hydroxylation sites is 1. The molecule has 1 unspecified atom stereocenters. The monoisotopic (exact) mass is 274 g/mol. The van der Waals surface area contributed by atoms with Crippen molar-refractivity contribution in [3.05, 3.63) is 35.4 Å². The molecule has 6 heteroatoms. The maximum absolute atomic E-state index is 9.77. The van der Waals surface area contributed by atoms with Crippen LogP contribution in [0, 0.1) is 0 Å². The van der Waals surface area contributed by atoms with Crippen LogP contribution in [-0.2, 0) is 19.5 Å². The summed E-state index contributed by atoms with van der Waals surface area (Å²) in [5.41, 5.74) is 0.665. The Hall–Kier alpha value is -2.08. The lowest BCUT2D eigenvalue weighted by Crippen LogP contribution is -2.21. The number of aromatic nitrogens is 3. The van der Waals surface area contributed by atoms with Crippen molar-refractivity contribution in [2.45, 2.75) is 38.9 Å². The van der Waals surface area contributed by atoms with E-state index >= 15 is 0 Å². The normalized spacial score (nSPS) is 15.2. The molecule has 0 bridgehead atoms. The Balaban J connectivity index is 1.70. The van der Waals surface area contributed by atoms with Gasteiger partial charge in [-0.25, -0.2) is 0 Å². The second-order valence-corrected chi connectivity index (χ2v) is 5.12. The molecule has 3 N–H and O–H groups in total. The summed E-state index contributed by atoms with van der Waals surface area (Å²) in [7, 11) is 0. The van der Waals surface area contributed by atoms with Gasteiger partial charge in [-0.3, -0.25) is 0 Å². The highest BCUT2D eigenvalue weighted by atomic mass is 16.3. The zero-order valence-corrected chi connectivity index (χ0v) is 11.4.